The predicted molar refractivity (Wildman–Crippen MR) is 112 cm³/mol. The maximum absolute atomic E-state index is 12.1. The lowest BCUT2D eigenvalue weighted by Gasteiger charge is -2.28. The quantitative estimate of drug-likeness (QED) is 0.154. The zero-order chi connectivity index (χ0) is 21.6. The fourth-order valence-electron chi connectivity index (χ4n) is 2.55. The Morgan fingerprint density at radius 2 is 1.64 bits per heavy atom. The van der Waals surface area contributed by atoms with Gasteiger partial charge in [-0.05, 0) is 6.42 Å². The summed E-state index contributed by atoms with van der Waals surface area (Å²) < 4.78 is 36.0. The minimum absolute atomic E-state index is 0.0276. The van der Waals surface area contributed by atoms with Gasteiger partial charge in [0.1, 0.15) is 6.79 Å². The summed E-state index contributed by atoms with van der Waals surface area (Å²) in [7, 11) is -2.25. The Hall–Kier alpha value is 0.170. The van der Waals surface area contributed by atoms with Gasteiger partial charge in [0, 0.05) is 7.11 Å². The lowest BCUT2D eigenvalue weighted by molar-refractivity contribution is -0.125. The van der Waals surface area contributed by atoms with Crippen LogP contribution in [0, 0.1) is 0 Å². The molecule has 0 aliphatic heterocycles. The number of rotatable bonds is 16. The molecule has 11 heteroatoms. The maximum atomic E-state index is 12.1. The van der Waals surface area contributed by atoms with Crippen molar-refractivity contribution < 1.29 is 26.9 Å². The van der Waals surface area contributed by atoms with E-state index in [1.54, 1.807) is 0 Å². The van der Waals surface area contributed by atoms with Crippen LogP contribution in [0.15, 0.2) is 0 Å². The number of ether oxygens (including phenoxy) is 2. The summed E-state index contributed by atoms with van der Waals surface area (Å²) in [6.45, 7) is 1.80. The predicted octanol–water partition coefficient (Wildman–Crippen LogP) is 3.95. The van der Waals surface area contributed by atoms with Gasteiger partial charge in [0.05, 0.1) is 25.0 Å². The largest absolute Gasteiger partial charge is 0.359 e. The average Bonchev–Trinajstić information content (AvgIpc) is 2.58. The van der Waals surface area contributed by atoms with E-state index in [9.17, 15) is 13.2 Å². The first kappa shape index (κ1) is 28.2. The molecule has 0 saturated carbocycles. The van der Waals surface area contributed by atoms with E-state index < -0.39 is 32.0 Å². The molecule has 0 aromatic heterocycles. The normalized spacial score (nSPS) is 14.6. The van der Waals surface area contributed by atoms with Crippen molar-refractivity contribution in [3.8, 4) is 0 Å². The van der Waals surface area contributed by atoms with Gasteiger partial charge < -0.3 is 14.8 Å². The highest BCUT2D eigenvalue weighted by Crippen LogP contribution is 2.26. The van der Waals surface area contributed by atoms with Crippen LogP contribution in [0.25, 0.3) is 0 Å². The molecule has 0 radical (unpaired) electrons. The summed E-state index contributed by atoms with van der Waals surface area (Å²) in [5.41, 5.74) is 0. The van der Waals surface area contributed by atoms with Gasteiger partial charge in [0.2, 0.25) is 0 Å². The molecule has 0 spiro atoms. The average molecular weight is 485 g/mol. The van der Waals surface area contributed by atoms with E-state index in [1.807, 2.05) is 0 Å². The summed E-state index contributed by atoms with van der Waals surface area (Å²) in [5.74, 6) is -0.884. The van der Waals surface area contributed by atoms with E-state index in [0.29, 0.717) is 6.42 Å². The Kier molecular flexibility index (Phi) is 15.1. The van der Waals surface area contributed by atoms with Gasteiger partial charge in [-0.1, -0.05) is 86.7 Å². The number of methoxy groups -OCH3 is 1. The molecule has 0 rings (SSSR count). The second kappa shape index (κ2) is 15.0. The van der Waals surface area contributed by atoms with Gasteiger partial charge in [-0.15, -0.1) is 0 Å². The molecule has 0 fully saturated rings. The van der Waals surface area contributed by atoms with E-state index in [-0.39, 0.29) is 13.4 Å². The van der Waals surface area contributed by atoms with Gasteiger partial charge >= 0.3 is 0 Å². The van der Waals surface area contributed by atoms with E-state index in [0.717, 1.165) is 25.5 Å². The summed E-state index contributed by atoms with van der Waals surface area (Å²) in [5, 5.41) is 2.50. The number of nitrogens with one attached hydrogen (secondary N) is 1. The highest BCUT2D eigenvalue weighted by Gasteiger charge is 2.35. The van der Waals surface area contributed by atoms with Gasteiger partial charge in [-0.25, -0.2) is 0 Å². The topological polar surface area (TPSA) is 90.9 Å². The molecule has 0 aromatic rings. The number of amides is 1. The minimum atomic E-state index is -3.72. The molecule has 0 saturated heterocycles. The third-order valence-electron chi connectivity index (χ3n) is 3.98. The first-order valence-corrected chi connectivity index (χ1v) is 12.3. The van der Waals surface area contributed by atoms with Crippen molar-refractivity contribution in [2.45, 2.75) is 74.2 Å². The van der Waals surface area contributed by atoms with Crippen LogP contribution in [0.2, 0.25) is 0 Å². The van der Waals surface area contributed by atoms with Crippen LogP contribution in [0.4, 0.5) is 0 Å². The lowest BCUT2D eigenvalue weighted by atomic mass is 10.0. The first-order valence-electron chi connectivity index (χ1n) is 9.33. The molecule has 28 heavy (non-hydrogen) atoms. The highest BCUT2D eigenvalue weighted by atomic mass is 35.6. The Labute approximate surface area is 183 Å². The number of hydrogen-bond donors (Lipinski definition) is 1. The van der Waals surface area contributed by atoms with Crippen LogP contribution in [-0.2, 0) is 28.6 Å². The number of carbonyl (C=O) groups excluding carboxylic acids is 1. The molecule has 0 unspecified atom stereocenters. The molecule has 168 valence electrons. The Morgan fingerprint density at radius 3 is 2.14 bits per heavy atom. The molecule has 0 aliphatic rings. The molecule has 7 nitrogen and oxygen atoms in total. The van der Waals surface area contributed by atoms with Crippen molar-refractivity contribution in [1.29, 1.82) is 0 Å². The number of hydrogen-bond acceptors (Lipinski definition) is 6. The molecule has 0 aliphatic carbocycles. The zero-order valence-electron chi connectivity index (χ0n) is 16.7. The van der Waals surface area contributed by atoms with Crippen molar-refractivity contribution in [3.63, 3.8) is 0 Å². The fraction of sp³-hybridized carbons (Fsp3) is 0.941. The van der Waals surface area contributed by atoms with Crippen LogP contribution in [0.1, 0.15) is 58.3 Å². The monoisotopic (exact) mass is 483 g/mol. The number of unbranched alkanes of at least 4 members (excludes halogenated alkanes) is 6. The van der Waals surface area contributed by atoms with Crippen molar-refractivity contribution in [3.05, 3.63) is 0 Å². The lowest BCUT2D eigenvalue weighted by Crippen LogP contribution is -2.51. The Morgan fingerprint density at radius 1 is 1.07 bits per heavy atom. The van der Waals surface area contributed by atoms with Gasteiger partial charge in [-0.3, -0.25) is 8.98 Å². The van der Waals surface area contributed by atoms with Gasteiger partial charge in [0.15, 0.2) is 0 Å². The number of carbonyl (C=O) groups is 1. The molecule has 1 amide bonds. The molecule has 0 heterocycles. The minimum Gasteiger partial charge on any atom is -0.359 e. The second-order valence-electron chi connectivity index (χ2n) is 6.59. The molecule has 0 bridgehead atoms. The van der Waals surface area contributed by atoms with Crippen molar-refractivity contribution in [1.82, 2.24) is 5.32 Å². The Bertz CT molecular complexity index is 527. The van der Waals surface area contributed by atoms with Crippen molar-refractivity contribution in [2.24, 2.45) is 0 Å². The van der Waals surface area contributed by atoms with Crippen LogP contribution >= 0.6 is 34.8 Å². The van der Waals surface area contributed by atoms with Crippen molar-refractivity contribution >= 4 is 50.8 Å². The van der Waals surface area contributed by atoms with Crippen LogP contribution in [0.5, 0.6) is 0 Å². The van der Waals surface area contributed by atoms with E-state index in [1.165, 1.54) is 32.8 Å². The number of alkyl halides is 3. The van der Waals surface area contributed by atoms with Crippen LogP contribution in [0.3, 0.4) is 0 Å². The van der Waals surface area contributed by atoms with E-state index in [2.05, 4.69) is 12.2 Å². The standard InChI is InChI=1S/C17H32Cl3NO6S/c1-4-5-6-7-8-9-10-11-15(26-13-25-2)14(12-27-28(3,23)24)21-16(22)17(18,19)20/h14-15H,4-13H2,1-3H3,(H,21,22)/t14-,15+/m1/s1. The molecular weight excluding hydrogens is 453 g/mol. The molecule has 2 atom stereocenters. The third-order valence-corrected chi connectivity index (χ3v) is 5.06. The second-order valence-corrected chi connectivity index (χ2v) is 10.5. The number of halogens is 3. The molecular formula is C17H32Cl3NO6S. The molecule has 1 N–H and O–H groups in total. The highest BCUT2D eigenvalue weighted by molar-refractivity contribution is 7.85. The zero-order valence-corrected chi connectivity index (χ0v) is 19.8. The van der Waals surface area contributed by atoms with Gasteiger partial charge in [-0.2, -0.15) is 8.42 Å². The summed E-state index contributed by atoms with van der Waals surface area (Å²) in [4.78, 5) is 12.1. The first-order chi connectivity index (χ1) is 13.0. The maximum Gasteiger partial charge on any atom is 0.272 e. The summed E-state index contributed by atoms with van der Waals surface area (Å²) >= 11 is 16.8. The van der Waals surface area contributed by atoms with E-state index >= 15 is 0 Å². The summed E-state index contributed by atoms with van der Waals surface area (Å²) in [6.07, 6.45) is 8.65. The SMILES string of the molecule is CCCCCCCCC[C@H](OCOC)[C@@H](COS(C)(=O)=O)NC(=O)C(Cl)(Cl)Cl. The van der Waals surface area contributed by atoms with Crippen LogP contribution < -0.4 is 5.32 Å². The summed E-state index contributed by atoms with van der Waals surface area (Å²) in [6, 6.07) is -0.826. The van der Waals surface area contributed by atoms with E-state index in [4.69, 9.17) is 48.5 Å². The van der Waals surface area contributed by atoms with Crippen LogP contribution in [-0.4, -0.2) is 57.0 Å². The Balaban J connectivity index is 4.90. The van der Waals surface area contributed by atoms with Gasteiger partial charge in [0.25, 0.3) is 19.8 Å². The van der Waals surface area contributed by atoms with Crippen molar-refractivity contribution in [2.75, 3.05) is 26.8 Å². The smallest absolute Gasteiger partial charge is 0.272 e. The third kappa shape index (κ3) is 15.1. The molecule has 0 aromatic carbocycles. The fourth-order valence-corrected chi connectivity index (χ4v) is 3.11.